The van der Waals surface area contributed by atoms with Crippen LogP contribution in [0.15, 0.2) is 24.3 Å². The van der Waals surface area contributed by atoms with E-state index >= 15 is 0 Å². The number of unbranched alkanes of at least 4 members (excludes halogenated alkanes) is 1. The second kappa shape index (κ2) is 9.20. The van der Waals surface area contributed by atoms with E-state index in [4.69, 9.17) is 20.3 Å². The summed E-state index contributed by atoms with van der Waals surface area (Å²) in [7, 11) is 1.58. The number of nitrogens with two attached hydrogens (primary N) is 1. The molecule has 5 heteroatoms. The van der Waals surface area contributed by atoms with E-state index in [1.54, 1.807) is 7.11 Å². The van der Waals surface area contributed by atoms with Gasteiger partial charge >= 0.3 is 5.97 Å². The van der Waals surface area contributed by atoms with E-state index in [0.29, 0.717) is 37.5 Å². The first kappa shape index (κ1) is 16.3. The molecule has 0 bridgehead atoms. The van der Waals surface area contributed by atoms with Crippen molar-refractivity contribution in [3.05, 3.63) is 24.3 Å². The monoisotopic (exact) mass is 281 g/mol. The van der Waals surface area contributed by atoms with Crippen molar-refractivity contribution < 1.29 is 19.4 Å². The molecular formula is C15H23NO4. The Morgan fingerprint density at radius 3 is 2.55 bits per heavy atom. The predicted molar refractivity (Wildman–Crippen MR) is 77.1 cm³/mol. The van der Waals surface area contributed by atoms with Crippen LogP contribution in [-0.4, -0.2) is 31.3 Å². The first-order valence-electron chi connectivity index (χ1n) is 6.87. The minimum Gasteiger partial charge on any atom is -0.493 e. The average Bonchev–Trinajstić information content (AvgIpc) is 2.46. The molecule has 20 heavy (non-hydrogen) atoms. The van der Waals surface area contributed by atoms with Crippen LogP contribution in [0.3, 0.4) is 0 Å². The van der Waals surface area contributed by atoms with Crippen LogP contribution in [-0.2, 0) is 4.79 Å². The van der Waals surface area contributed by atoms with Crippen molar-refractivity contribution in [3.63, 3.8) is 0 Å². The van der Waals surface area contributed by atoms with Crippen molar-refractivity contribution in [2.45, 2.75) is 25.7 Å². The molecule has 0 saturated carbocycles. The van der Waals surface area contributed by atoms with E-state index in [2.05, 4.69) is 0 Å². The first-order valence-corrected chi connectivity index (χ1v) is 6.87. The summed E-state index contributed by atoms with van der Waals surface area (Å²) in [6.07, 6.45) is 2.82. The van der Waals surface area contributed by atoms with Gasteiger partial charge in [-0.25, -0.2) is 0 Å². The van der Waals surface area contributed by atoms with Gasteiger partial charge in [-0.1, -0.05) is 18.6 Å². The van der Waals surface area contributed by atoms with Gasteiger partial charge in [0.05, 0.1) is 19.6 Å². The Morgan fingerprint density at radius 2 is 1.95 bits per heavy atom. The molecule has 1 rings (SSSR count). The molecule has 1 aromatic carbocycles. The number of carbonyl (C=O) groups is 1. The fourth-order valence-corrected chi connectivity index (χ4v) is 1.98. The van der Waals surface area contributed by atoms with Gasteiger partial charge in [0.15, 0.2) is 11.5 Å². The third-order valence-electron chi connectivity index (χ3n) is 3.15. The standard InChI is InChI=1S/C15H23NO4/c1-19-13-7-2-3-8-14(13)20-11-9-12(15(17)18)6-4-5-10-16/h2-3,7-8,12H,4-6,9-11,16H2,1H3,(H,17,18). The van der Waals surface area contributed by atoms with Crippen LogP contribution in [0.1, 0.15) is 25.7 Å². The number of aliphatic carboxylic acids is 1. The minimum absolute atomic E-state index is 0.361. The first-order chi connectivity index (χ1) is 9.69. The van der Waals surface area contributed by atoms with Gasteiger partial charge in [-0.2, -0.15) is 0 Å². The van der Waals surface area contributed by atoms with Crippen LogP contribution in [0.25, 0.3) is 0 Å². The molecule has 3 N–H and O–H groups in total. The molecule has 0 spiro atoms. The van der Waals surface area contributed by atoms with E-state index in [1.807, 2.05) is 24.3 Å². The van der Waals surface area contributed by atoms with Crippen molar-refractivity contribution in [3.8, 4) is 11.5 Å². The van der Waals surface area contributed by atoms with Gasteiger partial charge < -0.3 is 20.3 Å². The van der Waals surface area contributed by atoms with Gasteiger partial charge in [-0.15, -0.1) is 0 Å². The van der Waals surface area contributed by atoms with Gasteiger partial charge in [0.25, 0.3) is 0 Å². The lowest BCUT2D eigenvalue weighted by Gasteiger charge is -2.14. The molecule has 0 aliphatic carbocycles. The number of ether oxygens (including phenoxy) is 2. The number of hydrogen-bond acceptors (Lipinski definition) is 4. The fraction of sp³-hybridized carbons (Fsp3) is 0.533. The number of carboxylic acid groups (broad SMARTS) is 1. The van der Waals surface area contributed by atoms with E-state index in [9.17, 15) is 4.79 Å². The Balaban J connectivity index is 2.41. The van der Waals surface area contributed by atoms with Gasteiger partial charge in [0, 0.05) is 0 Å². The number of para-hydroxylation sites is 2. The summed E-state index contributed by atoms with van der Waals surface area (Å²) in [6, 6.07) is 7.33. The third-order valence-corrected chi connectivity index (χ3v) is 3.15. The van der Waals surface area contributed by atoms with Crippen LogP contribution in [0.5, 0.6) is 11.5 Å². The lowest BCUT2D eigenvalue weighted by molar-refractivity contribution is -0.142. The van der Waals surface area contributed by atoms with Gasteiger partial charge in [-0.05, 0) is 37.9 Å². The topological polar surface area (TPSA) is 81.8 Å². The Labute approximate surface area is 119 Å². The summed E-state index contributed by atoms with van der Waals surface area (Å²) in [5, 5.41) is 9.16. The lowest BCUT2D eigenvalue weighted by atomic mass is 9.99. The Kier molecular flexibility index (Phi) is 7.50. The van der Waals surface area contributed by atoms with E-state index in [1.165, 1.54) is 0 Å². The summed E-state index contributed by atoms with van der Waals surface area (Å²) < 4.78 is 10.8. The molecule has 1 unspecified atom stereocenters. The molecule has 0 aliphatic heterocycles. The van der Waals surface area contributed by atoms with Gasteiger partial charge in [-0.3, -0.25) is 4.79 Å². The molecule has 0 aromatic heterocycles. The summed E-state index contributed by atoms with van der Waals surface area (Å²) in [4.78, 5) is 11.1. The van der Waals surface area contributed by atoms with Crippen molar-refractivity contribution in [2.24, 2.45) is 11.7 Å². The molecule has 0 saturated heterocycles. The SMILES string of the molecule is COc1ccccc1OCCC(CCCCN)C(=O)O. The van der Waals surface area contributed by atoms with Crippen LogP contribution in [0.2, 0.25) is 0 Å². The summed E-state index contributed by atoms with van der Waals surface area (Å²) in [5.74, 6) is 0.144. The average molecular weight is 281 g/mol. The van der Waals surface area contributed by atoms with Crippen molar-refractivity contribution >= 4 is 5.97 Å². The quantitative estimate of drug-likeness (QED) is 0.643. The summed E-state index contributed by atoms with van der Waals surface area (Å²) in [6.45, 7) is 0.962. The Bertz CT molecular complexity index is 409. The number of rotatable bonds is 10. The highest BCUT2D eigenvalue weighted by Crippen LogP contribution is 2.26. The Morgan fingerprint density at radius 1 is 1.25 bits per heavy atom. The van der Waals surface area contributed by atoms with Crippen molar-refractivity contribution in [1.29, 1.82) is 0 Å². The maximum atomic E-state index is 11.1. The number of methoxy groups -OCH3 is 1. The normalized spacial score (nSPS) is 11.9. The predicted octanol–water partition coefficient (Wildman–Crippen LogP) is 2.29. The number of benzene rings is 1. The number of carboxylic acids is 1. The van der Waals surface area contributed by atoms with Gasteiger partial charge in [0.2, 0.25) is 0 Å². The molecule has 0 heterocycles. The molecule has 0 fully saturated rings. The molecule has 0 amide bonds. The summed E-state index contributed by atoms with van der Waals surface area (Å²) in [5.41, 5.74) is 5.41. The second-order valence-electron chi connectivity index (χ2n) is 4.61. The van der Waals surface area contributed by atoms with Gasteiger partial charge in [0.1, 0.15) is 0 Å². The number of hydrogen-bond donors (Lipinski definition) is 2. The second-order valence-corrected chi connectivity index (χ2v) is 4.61. The maximum Gasteiger partial charge on any atom is 0.306 e. The van der Waals surface area contributed by atoms with Crippen LogP contribution < -0.4 is 15.2 Å². The van der Waals surface area contributed by atoms with Crippen LogP contribution in [0, 0.1) is 5.92 Å². The zero-order chi connectivity index (χ0) is 14.8. The largest absolute Gasteiger partial charge is 0.493 e. The fourth-order valence-electron chi connectivity index (χ4n) is 1.98. The van der Waals surface area contributed by atoms with Crippen molar-refractivity contribution in [1.82, 2.24) is 0 Å². The van der Waals surface area contributed by atoms with Crippen LogP contribution >= 0.6 is 0 Å². The van der Waals surface area contributed by atoms with Crippen LogP contribution in [0.4, 0.5) is 0 Å². The highest BCUT2D eigenvalue weighted by atomic mass is 16.5. The lowest BCUT2D eigenvalue weighted by Crippen LogP contribution is -2.17. The highest BCUT2D eigenvalue weighted by Gasteiger charge is 2.17. The van der Waals surface area contributed by atoms with E-state index in [0.717, 1.165) is 12.8 Å². The maximum absolute atomic E-state index is 11.1. The molecule has 0 aliphatic rings. The summed E-state index contributed by atoms with van der Waals surface area (Å²) >= 11 is 0. The molecule has 1 aromatic rings. The smallest absolute Gasteiger partial charge is 0.306 e. The molecule has 112 valence electrons. The molecule has 5 nitrogen and oxygen atoms in total. The zero-order valence-electron chi connectivity index (χ0n) is 11.9. The third kappa shape index (κ3) is 5.48. The van der Waals surface area contributed by atoms with E-state index < -0.39 is 5.97 Å². The molecule has 0 radical (unpaired) electrons. The highest BCUT2D eigenvalue weighted by molar-refractivity contribution is 5.69. The molecular weight excluding hydrogens is 258 g/mol. The van der Waals surface area contributed by atoms with Crippen molar-refractivity contribution in [2.75, 3.05) is 20.3 Å². The minimum atomic E-state index is -0.773. The van der Waals surface area contributed by atoms with E-state index in [-0.39, 0.29) is 5.92 Å². The Hall–Kier alpha value is -1.75. The molecule has 1 atom stereocenters. The zero-order valence-corrected chi connectivity index (χ0v) is 11.9.